The van der Waals surface area contributed by atoms with Gasteiger partial charge in [0.2, 0.25) is 0 Å². The number of carboxylic acids is 2. The van der Waals surface area contributed by atoms with Gasteiger partial charge in [0.1, 0.15) is 12.6 Å². The lowest BCUT2D eigenvalue weighted by atomic mass is 10.2. The largest absolute Gasteiger partial charge is 0.480 e. The summed E-state index contributed by atoms with van der Waals surface area (Å²) in [4.78, 5) is 31.4. The van der Waals surface area contributed by atoms with E-state index in [1.807, 2.05) is 5.32 Å². The molecular formula is C7H12N2O5. The van der Waals surface area contributed by atoms with Gasteiger partial charge in [-0.15, -0.1) is 0 Å². The summed E-state index contributed by atoms with van der Waals surface area (Å²) in [5, 5.41) is 20.8. The first-order valence-electron chi connectivity index (χ1n) is 3.96. The molecule has 80 valence electrons. The van der Waals surface area contributed by atoms with Crippen LogP contribution in [0.3, 0.4) is 0 Å². The molecule has 1 unspecified atom stereocenters. The molecule has 0 aliphatic rings. The van der Waals surface area contributed by atoms with Gasteiger partial charge in [0, 0.05) is 0 Å². The first-order valence-corrected chi connectivity index (χ1v) is 3.96. The smallest absolute Gasteiger partial charge is 0.326 e. The van der Waals surface area contributed by atoms with E-state index in [0.717, 1.165) is 0 Å². The quantitative estimate of drug-likeness (QED) is 0.469. The summed E-state index contributed by atoms with van der Waals surface area (Å²) >= 11 is 0. The second-order valence-electron chi connectivity index (χ2n) is 2.52. The number of urea groups is 1. The highest BCUT2D eigenvalue weighted by molar-refractivity contribution is 5.84. The minimum atomic E-state index is -1.19. The molecule has 0 rings (SSSR count). The van der Waals surface area contributed by atoms with Crippen molar-refractivity contribution in [2.75, 3.05) is 6.54 Å². The summed E-state index contributed by atoms with van der Waals surface area (Å²) in [7, 11) is 0. The highest BCUT2D eigenvalue weighted by Gasteiger charge is 2.17. The Kier molecular flexibility index (Phi) is 5.05. The Morgan fingerprint density at radius 2 is 1.86 bits per heavy atom. The molecule has 14 heavy (non-hydrogen) atoms. The molecule has 0 aromatic rings. The van der Waals surface area contributed by atoms with Crippen LogP contribution in [-0.4, -0.2) is 40.8 Å². The van der Waals surface area contributed by atoms with Crippen LogP contribution in [0, 0.1) is 0 Å². The van der Waals surface area contributed by atoms with E-state index >= 15 is 0 Å². The predicted molar refractivity (Wildman–Crippen MR) is 45.9 cm³/mol. The van der Waals surface area contributed by atoms with E-state index in [1.165, 1.54) is 0 Å². The van der Waals surface area contributed by atoms with E-state index in [1.54, 1.807) is 6.92 Å². The Balaban J connectivity index is 3.91. The molecular weight excluding hydrogens is 192 g/mol. The fourth-order valence-corrected chi connectivity index (χ4v) is 0.704. The molecule has 7 nitrogen and oxygen atoms in total. The number of hydrogen-bond acceptors (Lipinski definition) is 3. The molecule has 0 saturated heterocycles. The Morgan fingerprint density at radius 3 is 2.21 bits per heavy atom. The number of hydrogen-bond donors (Lipinski definition) is 4. The number of carbonyl (C=O) groups excluding carboxylic acids is 1. The van der Waals surface area contributed by atoms with Gasteiger partial charge in [-0.05, 0) is 6.42 Å². The summed E-state index contributed by atoms with van der Waals surface area (Å²) < 4.78 is 0. The van der Waals surface area contributed by atoms with Crippen molar-refractivity contribution >= 4 is 18.0 Å². The normalized spacial score (nSPS) is 11.5. The van der Waals surface area contributed by atoms with Crippen LogP contribution in [0.2, 0.25) is 0 Å². The predicted octanol–water partition coefficient (Wildman–Crippen LogP) is -0.767. The van der Waals surface area contributed by atoms with Crippen molar-refractivity contribution in [1.29, 1.82) is 0 Å². The maximum atomic E-state index is 10.9. The van der Waals surface area contributed by atoms with Crippen LogP contribution in [0.5, 0.6) is 0 Å². The van der Waals surface area contributed by atoms with Crippen molar-refractivity contribution < 1.29 is 24.6 Å². The number of aliphatic carboxylic acids is 2. The maximum Gasteiger partial charge on any atom is 0.326 e. The molecule has 0 aliphatic carbocycles. The fraction of sp³-hybridized carbons (Fsp3) is 0.571. The SMILES string of the molecule is CCC(NC(=O)NCC(=O)O)C(=O)O. The van der Waals surface area contributed by atoms with E-state index < -0.39 is 30.6 Å². The van der Waals surface area contributed by atoms with Crippen LogP contribution in [0.4, 0.5) is 4.79 Å². The molecule has 1 atom stereocenters. The van der Waals surface area contributed by atoms with Crippen LogP contribution < -0.4 is 10.6 Å². The number of carboxylic acid groups (broad SMARTS) is 2. The second kappa shape index (κ2) is 5.79. The van der Waals surface area contributed by atoms with Crippen molar-refractivity contribution in [2.24, 2.45) is 0 Å². The standard InChI is InChI=1S/C7H12N2O5/c1-2-4(6(12)13)9-7(14)8-3-5(10)11/h4H,2-3H2,1H3,(H,10,11)(H,12,13)(H2,8,9,14). The van der Waals surface area contributed by atoms with Gasteiger partial charge in [-0.25, -0.2) is 9.59 Å². The molecule has 4 N–H and O–H groups in total. The van der Waals surface area contributed by atoms with Crippen molar-refractivity contribution in [3.63, 3.8) is 0 Å². The summed E-state index contributed by atoms with van der Waals surface area (Å²) in [5.41, 5.74) is 0. The van der Waals surface area contributed by atoms with Crippen molar-refractivity contribution in [2.45, 2.75) is 19.4 Å². The van der Waals surface area contributed by atoms with Gasteiger partial charge in [-0.3, -0.25) is 4.79 Å². The molecule has 0 aromatic heterocycles. The minimum absolute atomic E-state index is 0.232. The molecule has 0 aliphatic heterocycles. The number of amides is 2. The molecule has 0 aromatic carbocycles. The fourth-order valence-electron chi connectivity index (χ4n) is 0.704. The summed E-state index contributed by atoms with van der Waals surface area (Å²) in [5.74, 6) is -2.35. The van der Waals surface area contributed by atoms with Crippen molar-refractivity contribution in [3.05, 3.63) is 0 Å². The monoisotopic (exact) mass is 204 g/mol. The number of nitrogens with one attached hydrogen (secondary N) is 2. The van der Waals surface area contributed by atoms with Gasteiger partial charge in [-0.2, -0.15) is 0 Å². The Bertz CT molecular complexity index is 240. The van der Waals surface area contributed by atoms with Crippen molar-refractivity contribution in [1.82, 2.24) is 10.6 Å². The van der Waals surface area contributed by atoms with E-state index in [9.17, 15) is 14.4 Å². The third kappa shape index (κ3) is 4.96. The molecule has 0 saturated carbocycles. The minimum Gasteiger partial charge on any atom is -0.480 e. The summed E-state index contributed by atoms with van der Waals surface area (Å²) in [6, 6.07) is -1.80. The highest BCUT2D eigenvalue weighted by Crippen LogP contribution is 1.89. The summed E-state index contributed by atoms with van der Waals surface area (Å²) in [6.07, 6.45) is 0.232. The first-order chi connectivity index (χ1) is 6.47. The van der Waals surface area contributed by atoms with E-state index in [2.05, 4.69) is 5.32 Å². The third-order valence-corrected chi connectivity index (χ3v) is 1.41. The molecule has 0 fully saturated rings. The lowest BCUT2D eigenvalue weighted by Crippen LogP contribution is -2.46. The molecule has 0 heterocycles. The Morgan fingerprint density at radius 1 is 1.29 bits per heavy atom. The van der Waals surface area contributed by atoms with Gasteiger partial charge >= 0.3 is 18.0 Å². The molecule has 2 amide bonds. The van der Waals surface area contributed by atoms with Crippen LogP contribution in [0.25, 0.3) is 0 Å². The van der Waals surface area contributed by atoms with Crippen LogP contribution in [0.1, 0.15) is 13.3 Å². The van der Waals surface area contributed by atoms with Gasteiger partial charge in [0.25, 0.3) is 0 Å². The Hall–Kier alpha value is -1.79. The van der Waals surface area contributed by atoms with Crippen LogP contribution in [0.15, 0.2) is 0 Å². The molecule has 7 heteroatoms. The van der Waals surface area contributed by atoms with Gasteiger partial charge in [0.15, 0.2) is 0 Å². The second-order valence-corrected chi connectivity index (χ2v) is 2.52. The Labute approximate surface area is 80.1 Å². The highest BCUT2D eigenvalue weighted by atomic mass is 16.4. The summed E-state index contributed by atoms with van der Waals surface area (Å²) in [6.45, 7) is 1.05. The van der Waals surface area contributed by atoms with E-state index in [-0.39, 0.29) is 6.42 Å². The third-order valence-electron chi connectivity index (χ3n) is 1.41. The van der Waals surface area contributed by atoms with E-state index in [0.29, 0.717) is 0 Å². The average Bonchev–Trinajstić information content (AvgIpc) is 2.10. The number of carbonyl (C=O) groups is 3. The maximum absolute atomic E-state index is 10.9. The van der Waals surface area contributed by atoms with Crippen LogP contribution >= 0.6 is 0 Å². The van der Waals surface area contributed by atoms with Crippen molar-refractivity contribution in [3.8, 4) is 0 Å². The zero-order valence-corrected chi connectivity index (χ0v) is 7.61. The molecule has 0 spiro atoms. The molecule has 0 radical (unpaired) electrons. The average molecular weight is 204 g/mol. The topological polar surface area (TPSA) is 116 Å². The lowest BCUT2D eigenvalue weighted by Gasteiger charge is -2.11. The lowest BCUT2D eigenvalue weighted by molar-refractivity contribution is -0.139. The number of rotatable bonds is 5. The van der Waals surface area contributed by atoms with Crippen LogP contribution in [-0.2, 0) is 9.59 Å². The molecule has 0 bridgehead atoms. The zero-order chi connectivity index (χ0) is 11.1. The van der Waals surface area contributed by atoms with E-state index in [4.69, 9.17) is 10.2 Å². The van der Waals surface area contributed by atoms with Gasteiger partial charge < -0.3 is 20.8 Å². The first kappa shape index (κ1) is 12.2. The van der Waals surface area contributed by atoms with Gasteiger partial charge in [0.05, 0.1) is 0 Å². The zero-order valence-electron chi connectivity index (χ0n) is 7.61. The van der Waals surface area contributed by atoms with Gasteiger partial charge in [-0.1, -0.05) is 6.92 Å².